The molecule has 2 heterocycles. The monoisotopic (exact) mass is 193 g/mol. The van der Waals surface area contributed by atoms with Gasteiger partial charge < -0.3 is 10.2 Å². The van der Waals surface area contributed by atoms with Crippen molar-refractivity contribution < 1.29 is 4.42 Å². The van der Waals surface area contributed by atoms with Gasteiger partial charge in [-0.25, -0.2) is 0 Å². The highest BCUT2D eigenvalue weighted by molar-refractivity contribution is 5.44. The van der Waals surface area contributed by atoms with Crippen molar-refractivity contribution in [2.45, 2.75) is 19.4 Å². The van der Waals surface area contributed by atoms with Gasteiger partial charge >= 0.3 is 0 Å². The van der Waals surface area contributed by atoms with E-state index in [2.05, 4.69) is 20.4 Å². The number of hydrogen-bond acceptors (Lipinski definition) is 5. The summed E-state index contributed by atoms with van der Waals surface area (Å²) >= 11 is 0. The van der Waals surface area contributed by atoms with E-state index in [-0.39, 0.29) is 6.04 Å². The lowest BCUT2D eigenvalue weighted by Gasteiger charge is -1.99. The van der Waals surface area contributed by atoms with E-state index in [1.807, 2.05) is 6.92 Å². The van der Waals surface area contributed by atoms with Crippen LogP contribution in [0.4, 0.5) is 0 Å². The van der Waals surface area contributed by atoms with Gasteiger partial charge in [0.1, 0.15) is 5.69 Å². The van der Waals surface area contributed by atoms with Gasteiger partial charge in [-0.15, -0.1) is 10.2 Å². The van der Waals surface area contributed by atoms with Crippen molar-refractivity contribution in [1.82, 2.24) is 20.4 Å². The molecule has 74 valence electrons. The van der Waals surface area contributed by atoms with Crippen molar-refractivity contribution in [3.8, 4) is 11.6 Å². The van der Waals surface area contributed by atoms with Crippen LogP contribution in [0, 0.1) is 0 Å². The van der Waals surface area contributed by atoms with Crippen molar-refractivity contribution in [2.24, 2.45) is 5.73 Å². The Morgan fingerprint density at radius 2 is 2.43 bits per heavy atom. The van der Waals surface area contributed by atoms with E-state index in [9.17, 15) is 0 Å². The van der Waals surface area contributed by atoms with E-state index >= 15 is 0 Å². The predicted octanol–water partition coefficient (Wildman–Crippen LogP) is 0.869. The molecule has 1 atom stereocenters. The average Bonchev–Trinajstić information content (AvgIpc) is 2.86. The summed E-state index contributed by atoms with van der Waals surface area (Å²) in [6, 6.07) is 1.56. The molecule has 0 spiro atoms. The summed E-state index contributed by atoms with van der Waals surface area (Å²) in [5, 5.41) is 14.2. The lowest BCUT2D eigenvalue weighted by Crippen LogP contribution is -2.08. The molecule has 14 heavy (non-hydrogen) atoms. The van der Waals surface area contributed by atoms with Crippen LogP contribution >= 0.6 is 0 Å². The minimum absolute atomic E-state index is 0.195. The summed E-state index contributed by atoms with van der Waals surface area (Å²) in [7, 11) is 0. The Hall–Kier alpha value is -1.69. The van der Waals surface area contributed by atoms with Crippen LogP contribution < -0.4 is 5.73 Å². The molecule has 2 rings (SSSR count). The van der Waals surface area contributed by atoms with Crippen LogP contribution in [0.1, 0.15) is 25.3 Å². The number of H-pyrrole nitrogens is 1. The predicted molar refractivity (Wildman–Crippen MR) is 49.1 cm³/mol. The molecule has 0 saturated carbocycles. The highest BCUT2D eigenvalue weighted by atomic mass is 16.4. The van der Waals surface area contributed by atoms with E-state index in [1.54, 1.807) is 12.3 Å². The smallest absolute Gasteiger partial charge is 0.265 e. The maximum atomic E-state index is 5.74. The number of aromatic amines is 1. The van der Waals surface area contributed by atoms with Crippen LogP contribution in [0.5, 0.6) is 0 Å². The Morgan fingerprint density at radius 3 is 3.07 bits per heavy atom. The topological polar surface area (TPSA) is 93.6 Å². The molecule has 6 heteroatoms. The number of rotatable bonds is 3. The van der Waals surface area contributed by atoms with Crippen LogP contribution in [0.2, 0.25) is 0 Å². The van der Waals surface area contributed by atoms with Crippen LogP contribution in [0.25, 0.3) is 11.6 Å². The van der Waals surface area contributed by atoms with Crippen molar-refractivity contribution in [1.29, 1.82) is 0 Å². The second-order valence-corrected chi connectivity index (χ2v) is 2.93. The third-order valence-electron chi connectivity index (χ3n) is 1.93. The molecule has 0 aliphatic rings. The molecular formula is C8H11N5O. The van der Waals surface area contributed by atoms with Gasteiger partial charge in [-0.05, 0) is 12.5 Å². The second kappa shape index (κ2) is 3.59. The molecule has 0 radical (unpaired) electrons. The Balaban J connectivity index is 2.26. The number of nitrogens with zero attached hydrogens (tertiary/aromatic N) is 3. The Labute approximate surface area is 80.5 Å². The van der Waals surface area contributed by atoms with Gasteiger partial charge in [0.15, 0.2) is 0 Å². The van der Waals surface area contributed by atoms with Gasteiger partial charge in [-0.2, -0.15) is 5.10 Å². The minimum atomic E-state index is -0.195. The van der Waals surface area contributed by atoms with Crippen LogP contribution in [0.15, 0.2) is 16.7 Å². The summed E-state index contributed by atoms with van der Waals surface area (Å²) in [4.78, 5) is 0. The largest absolute Gasteiger partial charge is 0.418 e. The second-order valence-electron chi connectivity index (χ2n) is 2.93. The molecule has 2 aromatic heterocycles. The number of aromatic nitrogens is 4. The standard InChI is InChI=1S/C8H11N5O/c1-2-5(9)7-12-13-8(14-7)6-3-4-10-11-6/h3-5H,2,9H2,1H3,(H,10,11). The fourth-order valence-electron chi connectivity index (χ4n) is 1.04. The molecule has 0 aliphatic heterocycles. The van der Waals surface area contributed by atoms with Crippen molar-refractivity contribution in [3.63, 3.8) is 0 Å². The Bertz CT molecular complexity index is 394. The average molecular weight is 193 g/mol. The summed E-state index contributed by atoms with van der Waals surface area (Å²) in [5.74, 6) is 0.874. The van der Waals surface area contributed by atoms with Crippen LogP contribution in [-0.2, 0) is 0 Å². The zero-order chi connectivity index (χ0) is 9.97. The highest BCUT2D eigenvalue weighted by Gasteiger charge is 2.13. The van der Waals surface area contributed by atoms with E-state index in [0.717, 1.165) is 6.42 Å². The van der Waals surface area contributed by atoms with Crippen LogP contribution in [-0.4, -0.2) is 20.4 Å². The molecule has 0 bridgehead atoms. The maximum Gasteiger partial charge on any atom is 0.265 e. The summed E-state index contributed by atoms with van der Waals surface area (Å²) < 4.78 is 5.36. The van der Waals surface area contributed by atoms with Gasteiger partial charge in [0.25, 0.3) is 5.89 Å². The summed E-state index contributed by atoms with van der Waals surface area (Å²) in [6.07, 6.45) is 2.39. The zero-order valence-electron chi connectivity index (χ0n) is 7.77. The molecule has 3 N–H and O–H groups in total. The summed E-state index contributed by atoms with van der Waals surface area (Å²) in [6.45, 7) is 1.96. The fourth-order valence-corrected chi connectivity index (χ4v) is 1.04. The number of hydrogen-bond donors (Lipinski definition) is 2. The molecular weight excluding hydrogens is 182 g/mol. The quantitative estimate of drug-likeness (QED) is 0.754. The first-order valence-corrected chi connectivity index (χ1v) is 4.40. The first-order chi connectivity index (χ1) is 6.81. The lowest BCUT2D eigenvalue weighted by molar-refractivity contribution is 0.451. The first kappa shape index (κ1) is 8.89. The Kier molecular flexibility index (Phi) is 2.28. The molecule has 2 aromatic rings. The minimum Gasteiger partial charge on any atom is -0.418 e. The van der Waals surface area contributed by atoms with Gasteiger partial charge in [0.05, 0.1) is 6.04 Å². The van der Waals surface area contributed by atoms with Crippen molar-refractivity contribution >= 4 is 0 Å². The number of nitrogens with two attached hydrogens (primary N) is 1. The van der Waals surface area contributed by atoms with E-state index in [4.69, 9.17) is 10.2 Å². The van der Waals surface area contributed by atoms with Gasteiger partial charge in [-0.3, -0.25) is 5.10 Å². The lowest BCUT2D eigenvalue weighted by atomic mass is 10.2. The number of nitrogens with one attached hydrogen (secondary N) is 1. The van der Waals surface area contributed by atoms with Crippen molar-refractivity contribution in [3.05, 3.63) is 18.2 Å². The third kappa shape index (κ3) is 1.51. The highest BCUT2D eigenvalue weighted by Crippen LogP contribution is 2.18. The van der Waals surface area contributed by atoms with E-state index in [0.29, 0.717) is 17.5 Å². The fraction of sp³-hybridized carbons (Fsp3) is 0.375. The molecule has 6 nitrogen and oxygen atoms in total. The first-order valence-electron chi connectivity index (χ1n) is 4.40. The van der Waals surface area contributed by atoms with Crippen LogP contribution in [0.3, 0.4) is 0 Å². The van der Waals surface area contributed by atoms with E-state index in [1.165, 1.54) is 0 Å². The van der Waals surface area contributed by atoms with Gasteiger partial charge in [0, 0.05) is 6.20 Å². The Morgan fingerprint density at radius 1 is 1.57 bits per heavy atom. The molecule has 1 unspecified atom stereocenters. The van der Waals surface area contributed by atoms with Crippen molar-refractivity contribution in [2.75, 3.05) is 0 Å². The molecule has 0 aliphatic carbocycles. The maximum absolute atomic E-state index is 5.74. The molecule has 0 amide bonds. The molecule has 0 saturated heterocycles. The summed E-state index contributed by atoms with van der Waals surface area (Å²) in [5.41, 5.74) is 6.44. The normalized spacial score (nSPS) is 13.0. The van der Waals surface area contributed by atoms with E-state index < -0.39 is 0 Å². The zero-order valence-corrected chi connectivity index (χ0v) is 7.77. The molecule has 0 aromatic carbocycles. The third-order valence-corrected chi connectivity index (χ3v) is 1.93. The van der Waals surface area contributed by atoms with Gasteiger partial charge in [0.2, 0.25) is 5.89 Å². The van der Waals surface area contributed by atoms with Gasteiger partial charge in [-0.1, -0.05) is 6.92 Å². The molecule has 0 fully saturated rings. The SMILES string of the molecule is CCC(N)c1nnc(-c2ccn[nH]2)o1.